The molecule has 6 nitrogen and oxygen atoms in total. The van der Waals surface area contributed by atoms with Gasteiger partial charge in [0.15, 0.2) is 11.6 Å². The van der Waals surface area contributed by atoms with E-state index in [1.165, 1.54) is 0 Å². The van der Waals surface area contributed by atoms with Crippen molar-refractivity contribution in [2.75, 3.05) is 5.32 Å². The highest BCUT2D eigenvalue weighted by molar-refractivity contribution is 5.88. The maximum atomic E-state index is 5.33. The van der Waals surface area contributed by atoms with Crippen LogP contribution in [0.25, 0.3) is 23.2 Å². The molecule has 126 valence electrons. The fourth-order valence-corrected chi connectivity index (χ4v) is 2.65. The van der Waals surface area contributed by atoms with Crippen LogP contribution in [-0.2, 0) is 13.5 Å². The zero-order chi connectivity index (χ0) is 17.1. The molecule has 0 aliphatic carbocycles. The molecule has 0 amide bonds. The number of nitrogens with zero attached hydrogens (tertiary/aromatic N) is 4. The summed E-state index contributed by atoms with van der Waals surface area (Å²) in [5.74, 6) is 2.23. The molecule has 6 heteroatoms. The smallest absolute Gasteiger partial charge is 0.156 e. The lowest BCUT2D eigenvalue weighted by molar-refractivity contribution is 0.557. The molecule has 1 N–H and O–H groups in total. The molecule has 0 radical (unpaired) electrons. The van der Waals surface area contributed by atoms with Crippen molar-refractivity contribution in [2.45, 2.75) is 39.7 Å². The van der Waals surface area contributed by atoms with E-state index in [0.29, 0.717) is 5.82 Å². The van der Waals surface area contributed by atoms with E-state index in [2.05, 4.69) is 36.2 Å². The Hall–Kier alpha value is -2.63. The Morgan fingerprint density at radius 2 is 2.12 bits per heavy atom. The second-order valence-corrected chi connectivity index (χ2v) is 6.10. The van der Waals surface area contributed by atoms with Crippen molar-refractivity contribution in [1.29, 1.82) is 0 Å². The minimum Gasteiger partial charge on any atom is -0.465 e. The first-order valence-electron chi connectivity index (χ1n) is 8.30. The standard InChI is InChI=1S/C18H23N5O/c1-5-7-14-16-17(23(4)22-14)18(19-12(2)3)21-15(20-16)10-9-13-8-6-11-24-13/h6,8-12H,5,7H2,1-4H3,(H,19,20,21)/b10-9+. The number of aryl methyl sites for hydroxylation is 2. The quantitative estimate of drug-likeness (QED) is 0.744. The van der Waals surface area contributed by atoms with Gasteiger partial charge in [0.1, 0.15) is 16.8 Å². The summed E-state index contributed by atoms with van der Waals surface area (Å²) in [5.41, 5.74) is 2.87. The molecule has 0 saturated heterocycles. The van der Waals surface area contributed by atoms with Crippen molar-refractivity contribution >= 4 is 29.0 Å². The fraction of sp³-hybridized carbons (Fsp3) is 0.389. The van der Waals surface area contributed by atoms with Gasteiger partial charge in [0.25, 0.3) is 0 Å². The van der Waals surface area contributed by atoms with Crippen LogP contribution in [0.4, 0.5) is 5.82 Å². The number of rotatable bonds is 6. The zero-order valence-corrected chi connectivity index (χ0v) is 14.6. The summed E-state index contributed by atoms with van der Waals surface area (Å²) in [7, 11) is 1.94. The Bertz CT molecular complexity index is 846. The van der Waals surface area contributed by atoms with Gasteiger partial charge < -0.3 is 9.73 Å². The van der Waals surface area contributed by atoms with E-state index in [-0.39, 0.29) is 6.04 Å². The molecule has 0 atom stereocenters. The van der Waals surface area contributed by atoms with Gasteiger partial charge >= 0.3 is 0 Å². The maximum absolute atomic E-state index is 5.33. The predicted molar refractivity (Wildman–Crippen MR) is 96.7 cm³/mol. The molecule has 3 aromatic rings. The number of fused-ring (bicyclic) bond motifs is 1. The first kappa shape index (κ1) is 16.2. The first-order chi connectivity index (χ1) is 11.6. The van der Waals surface area contributed by atoms with Gasteiger partial charge in [0.05, 0.1) is 12.0 Å². The van der Waals surface area contributed by atoms with E-state index in [0.717, 1.165) is 41.1 Å². The van der Waals surface area contributed by atoms with Crippen LogP contribution in [0.2, 0.25) is 0 Å². The van der Waals surface area contributed by atoms with Gasteiger partial charge in [0.2, 0.25) is 0 Å². The minimum atomic E-state index is 0.273. The van der Waals surface area contributed by atoms with Crippen LogP contribution in [0.3, 0.4) is 0 Å². The van der Waals surface area contributed by atoms with Crippen molar-refractivity contribution in [2.24, 2.45) is 7.05 Å². The van der Waals surface area contributed by atoms with E-state index >= 15 is 0 Å². The van der Waals surface area contributed by atoms with Gasteiger partial charge in [-0.25, -0.2) is 9.97 Å². The summed E-state index contributed by atoms with van der Waals surface area (Å²) in [4.78, 5) is 9.38. The fourth-order valence-electron chi connectivity index (χ4n) is 2.65. The molecule has 0 aliphatic heterocycles. The highest BCUT2D eigenvalue weighted by Gasteiger charge is 2.16. The molecule has 0 unspecified atom stereocenters. The topological polar surface area (TPSA) is 68.8 Å². The highest BCUT2D eigenvalue weighted by atomic mass is 16.3. The van der Waals surface area contributed by atoms with E-state index < -0.39 is 0 Å². The Morgan fingerprint density at radius 1 is 1.29 bits per heavy atom. The van der Waals surface area contributed by atoms with E-state index in [1.54, 1.807) is 6.26 Å². The zero-order valence-electron chi connectivity index (χ0n) is 14.6. The SMILES string of the molecule is CCCc1nn(C)c2c(NC(C)C)nc(/C=C/c3ccco3)nc12. The van der Waals surface area contributed by atoms with Crippen LogP contribution in [0, 0.1) is 0 Å². The molecule has 0 spiro atoms. The highest BCUT2D eigenvalue weighted by Crippen LogP contribution is 2.25. The molecular weight excluding hydrogens is 302 g/mol. The van der Waals surface area contributed by atoms with Crippen LogP contribution in [-0.4, -0.2) is 25.8 Å². The largest absolute Gasteiger partial charge is 0.465 e. The van der Waals surface area contributed by atoms with Crippen LogP contribution in [0.15, 0.2) is 22.8 Å². The molecule has 3 heterocycles. The number of furan rings is 1. The van der Waals surface area contributed by atoms with Crippen molar-refractivity contribution in [3.63, 3.8) is 0 Å². The maximum Gasteiger partial charge on any atom is 0.156 e. The van der Waals surface area contributed by atoms with Gasteiger partial charge in [-0.2, -0.15) is 5.10 Å². The predicted octanol–water partition coefficient (Wildman–Crippen LogP) is 3.90. The number of anilines is 1. The van der Waals surface area contributed by atoms with Gasteiger partial charge in [-0.3, -0.25) is 4.68 Å². The second kappa shape index (κ2) is 6.86. The average Bonchev–Trinajstić information content (AvgIpc) is 3.14. The van der Waals surface area contributed by atoms with Crippen LogP contribution in [0.1, 0.15) is 44.5 Å². The van der Waals surface area contributed by atoms with Gasteiger partial charge in [-0.15, -0.1) is 0 Å². The van der Waals surface area contributed by atoms with Gasteiger partial charge in [-0.1, -0.05) is 13.3 Å². The first-order valence-corrected chi connectivity index (χ1v) is 8.30. The number of aromatic nitrogens is 4. The van der Waals surface area contributed by atoms with Gasteiger partial charge in [0, 0.05) is 13.1 Å². The molecular formula is C18H23N5O. The third-order valence-corrected chi connectivity index (χ3v) is 3.62. The Kier molecular flexibility index (Phi) is 4.64. The normalized spacial score (nSPS) is 11.9. The monoisotopic (exact) mass is 325 g/mol. The molecule has 0 saturated carbocycles. The summed E-state index contributed by atoms with van der Waals surface area (Å²) in [6.45, 7) is 6.33. The summed E-state index contributed by atoms with van der Waals surface area (Å²) in [6, 6.07) is 4.03. The van der Waals surface area contributed by atoms with Crippen molar-refractivity contribution < 1.29 is 4.42 Å². The van der Waals surface area contributed by atoms with Gasteiger partial charge in [-0.05, 0) is 44.6 Å². The third kappa shape index (κ3) is 3.32. The molecule has 3 rings (SSSR count). The number of hydrogen-bond donors (Lipinski definition) is 1. The lowest BCUT2D eigenvalue weighted by Crippen LogP contribution is -2.13. The van der Waals surface area contributed by atoms with Crippen molar-refractivity contribution in [3.05, 3.63) is 35.7 Å². The van der Waals surface area contributed by atoms with E-state index in [1.807, 2.05) is 36.0 Å². The Labute approximate surface area is 141 Å². The lowest BCUT2D eigenvalue weighted by atomic mass is 10.2. The Morgan fingerprint density at radius 3 is 2.79 bits per heavy atom. The number of hydrogen-bond acceptors (Lipinski definition) is 5. The van der Waals surface area contributed by atoms with Crippen molar-refractivity contribution in [1.82, 2.24) is 19.7 Å². The molecule has 0 bridgehead atoms. The summed E-state index contributed by atoms with van der Waals surface area (Å²) < 4.78 is 7.20. The lowest BCUT2D eigenvalue weighted by Gasteiger charge is -2.11. The Balaban J connectivity index is 2.10. The summed E-state index contributed by atoms with van der Waals surface area (Å²) in [5, 5.41) is 8.04. The molecule has 0 fully saturated rings. The van der Waals surface area contributed by atoms with E-state index in [9.17, 15) is 0 Å². The minimum absolute atomic E-state index is 0.273. The van der Waals surface area contributed by atoms with Crippen LogP contribution < -0.4 is 5.32 Å². The van der Waals surface area contributed by atoms with E-state index in [4.69, 9.17) is 9.40 Å². The molecule has 24 heavy (non-hydrogen) atoms. The molecule has 0 aliphatic rings. The molecule has 3 aromatic heterocycles. The summed E-state index contributed by atoms with van der Waals surface area (Å²) >= 11 is 0. The molecule has 0 aromatic carbocycles. The van der Waals surface area contributed by atoms with Crippen molar-refractivity contribution in [3.8, 4) is 0 Å². The number of nitrogens with one attached hydrogen (secondary N) is 1. The summed E-state index contributed by atoms with van der Waals surface area (Å²) in [6.07, 6.45) is 7.32. The second-order valence-electron chi connectivity index (χ2n) is 6.10. The average molecular weight is 325 g/mol. The van der Waals surface area contributed by atoms with Crippen LogP contribution in [0.5, 0.6) is 0 Å². The third-order valence-electron chi connectivity index (χ3n) is 3.62. The van der Waals surface area contributed by atoms with Crippen LogP contribution >= 0.6 is 0 Å².